The van der Waals surface area contributed by atoms with Gasteiger partial charge in [0.25, 0.3) is 0 Å². The summed E-state index contributed by atoms with van der Waals surface area (Å²) in [4.78, 5) is 28.2. The maximum Gasteiger partial charge on any atom is 0.196 e. The van der Waals surface area contributed by atoms with Crippen LogP contribution in [0.3, 0.4) is 0 Å². The van der Waals surface area contributed by atoms with E-state index in [4.69, 9.17) is 0 Å². The van der Waals surface area contributed by atoms with Gasteiger partial charge in [0.2, 0.25) is 0 Å². The van der Waals surface area contributed by atoms with Gasteiger partial charge in [-0.25, -0.2) is 0 Å². The molecule has 2 aromatic heterocycles. The molecule has 0 radical (unpaired) electrons. The van der Waals surface area contributed by atoms with Crippen molar-refractivity contribution in [3.8, 4) is 5.75 Å². The molecule has 1 aliphatic rings. The zero-order chi connectivity index (χ0) is 24.7. The fraction of sp³-hybridized carbons (Fsp3) is 0.111. The lowest BCUT2D eigenvalue weighted by Crippen LogP contribution is -2.39. The minimum atomic E-state index is -0.777. The Morgan fingerprint density at radius 2 is 1.89 bits per heavy atom. The van der Waals surface area contributed by atoms with Gasteiger partial charge in [0.05, 0.1) is 10.8 Å². The van der Waals surface area contributed by atoms with Crippen LogP contribution in [0.1, 0.15) is 29.9 Å². The average molecular weight is 537 g/mol. The quantitative estimate of drug-likeness (QED) is 0.264. The lowest BCUT2D eigenvalue weighted by Gasteiger charge is -2.20. The standard InChI is InChI=1S/C27H20O4S4/c1-3-4-8-22-14(2)24(30)18-10-15(12-20(28)26(18)32-22)34-35-16-11-19-25(31)17-7-5-6-9-23(17)33-27(19)21(29)13-16/h3-11,13,20,28-29H,2,12H2,1H3/b4-3-,22-8+. The van der Waals surface area contributed by atoms with Crippen LogP contribution in [0.25, 0.3) is 38.9 Å². The zero-order valence-electron chi connectivity index (χ0n) is 18.6. The van der Waals surface area contributed by atoms with Crippen molar-refractivity contribution in [3.63, 3.8) is 0 Å². The molecule has 35 heavy (non-hydrogen) atoms. The van der Waals surface area contributed by atoms with E-state index in [0.717, 1.165) is 19.0 Å². The van der Waals surface area contributed by atoms with Crippen molar-refractivity contribution in [2.24, 2.45) is 0 Å². The van der Waals surface area contributed by atoms with Gasteiger partial charge in [0.1, 0.15) is 5.75 Å². The molecule has 0 saturated heterocycles. The fourth-order valence-electron chi connectivity index (χ4n) is 3.90. The lowest BCUT2D eigenvalue weighted by atomic mass is 10.0. The van der Waals surface area contributed by atoms with Crippen LogP contribution >= 0.6 is 44.3 Å². The molecule has 1 unspecified atom stereocenters. The van der Waals surface area contributed by atoms with Crippen molar-refractivity contribution in [1.82, 2.24) is 0 Å². The summed E-state index contributed by atoms with van der Waals surface area (Å²) < 4.78 is 2.15. The van der Waals surface area contributed by atoms with Gasteiger partial charge >= 0.3 is 0 Å². The molecule has 1 aliphatic carbocycles. The Bertz CT molecular complexity index is 1780. The maximum atomic E-state index is 13.0. The molecule has 0 fully saturated rings. The Balaban J connectivity index is 1.49. The SMILES string of the molecule is C=c1c(=O)c2c(s/c1=C/C=C\C)C(O)CC(SSc1cc(O)c3sc4ccccc4c(=O)c3c1)=C2. The van der Waals surface area contributed by atoms with Crippen molar-refractivity contribution >= 4 is 83.2 Å². The molecule has 0 aliphatic heterocycles. The number of allylic oxidation sites excluding steroid dienone is 2. The predicted octanol–water partition coefficient (Wildman–Crippen LogP) is 5.53. The molecule has 8 heteroatoms. The predicted molar refractivity (Wildman–Crippen MR) is 153 cm³/mol. The van der Waals surface area contributed by atoms with Crippen LogP contribution in [-0.2, 0) is 0 Å². The zero-order valence-corrected chi connectivity index (χ0v) is 21.9. The van der Waals surface area contributed by atoms with Gasteiger partial charge in [0, 0.05) is 47.0 Å². The van der Waals surface area contributed by atoms with E-state index < -0.39 is 6.10 Å². The molecule has 2 heterocycles. The van der Waals surface area contributed by atoms with Crippen molar-refractivity contribution in [2.45, 2.75) is 24.3 Å². The summed E-state index contributed by atoms with van der Waals surface area (Å²) >= 11 is 2.78. The van der Waals surface area contributed by atoms with Crippen LogP contribution in [-0.4, -0.2) is 10.2 Å². The Morgan fingerprint density at radius 1 is 1.09 bits per heavy atom. The summed E-state index contributed by atoms with van der Waals surface area (Å²) in [5, 5.41) is 23.0. The van der Waals surface area contributed by atoms with E-state index >= 15 is 0 Å². The van der Waals surface area contributed by atoms with E-state index in [-0.39, 0.29) is 16.6 Å². The molecular formula is C27H20O4S4. The van der Waals surface area contributed by atoms with Crippen molar-refractivity contribution in [2.75, 3.05) is 0 Å². The number of benzene rings is 2. The number of phenols is 1. The molecule has 1 atom stereocenters. The van der Waals surface area contributed by atoms with Crippen LogP contribution in [0.15, 0.2) is 67.9 Å². The number of aliphatic hydroxyl groups excluding tert-OH is 1. The second kappa shape index (κ2) is 9.79. The van der Waals surface area contributed by atoms with Gasteiger partial charge in [0.15, 0.2) is 10.9 Å². The highest BCUT2D eigenvalue weighted by Crippen LogP contribution is 2.46. The largest absolute Gasteiger partial charge is 0.506 e. The van der Waals surface area contributed by atoms with E-state index in [1.54, 1.807) is 18.2 Å². The molecular weight excluding hydrogens is 517 g/mol. The van der Waals surface area contributed by atoms with Crippen molar-refractivity contribution in [3.05, 3.63) is 94.1 Å². The van der Waals surface area contributed by atoms with Crippen LogP contribution < -0.4 is 20.6 Å². The number of aliphatic hydroxyl groups is 1. The molecule has 176 valence electrons. The fourth-order valence-corrected chi connectivity index (χ4v) is 8.21. The summed E-state index contributed by atoms with van der Waals surface area (Å²) in [5.41, 5.74) is 0.198. The van der Waals surface area contributed by atoms with E-state index in [2.05, 4.69) is 6.58 Å². The van der Waals surface area contributed by atoms with Gasteiger partial charge in [-0.15, -0.1) is 22.7 Å². The molecule has 4 nitrogen and oxygen atoms in total. The molecule has 5 rings (SSSR count). The highest BCUT2D eigenvalue weighted by molar-refractivity contribution is 8.78. The van der Waals surface area contributed by atoms with Gasteiger partial charge in [-0.3, -0.25) is 9.59 Å². The third-order valence-corrected chi connectivity index (χ3v) is 10.6. The molecule has 0 amide bonds. The lowest BCUT2D eigenvalue weighted by molar-refractivity contribution is 0.183. The maximum absolute atomic E-state index is 13.0. The Morgan fingerprint density at radius 3 is 2.69 bits per heavy atom. The highest BCUT2D eigenvalue weighted by Gasteiger charge is 2.23. The smallest absolute Gasteiger partial charge is 0.196 e. The topological polar surface area (TPSA) is 74.6 Å². The summed E-state index contributed by atoms with van der Waals surface area (Å²) in [6.45, 7) is 5.84. The van der Waals surface area contributed by atoms with Gasteiger partial charge in [-0.05, 0) is 48.2 Å². The highest BCUT2D eigenvalue weighted by atomic mass is 33.1. The second-order valence-corrected chi connectivity index (χ2v) is 12.5. The number of hydrogen-bond donors (Lipinski definition) is 2. The van der Waals surface area contributed by atoms with Crippen molar-refractivity contribution < 1.29 is 10.2 Å². The van der Waals surface area contributed by atoms with Crippen LogP contribution in [0, 0.1) is 0 Å². The van der Waals surface area contributed by atoms with Crippen LogP contribution in [0.4, 0.5) is 0 Å². The molecule has 0 bridgehead atoms. The second-order valence-electron chi connectivity index (χ2n) is 7.99. The van der Waals surface area contributed by atoms with E-state index in [1.807, 2.05) is 49.4 Å². The van der Waals surface area contributed by atoms with Gasteiger partial charge in [-0.1, -0.05) is 52.5 Å². The Kier molecular flexibility index (Phi) is 6.74. The van der Waals surface area contributed by atoms with Crippen molar-refractivity contribution in [1.29, 1.82) is 0 Å². The van der Waals surface area contributed by atoms with E-state index in [9.17, 15) is 19.8 Å². The first-order chi connectivity index (χ1) is 16.9. The Labute approximate surface area is 216 Å². The molecule has 0 saturated carbocycles. The van der Waals surface area contributed by atoms with E-state index in [1.165, 1.54) is 44.3 Å². The minimum absolute atomic E-state index is 0.0664. The van der Waals surface area contributed by atoms with Gasteiger partial charge < -0.3 is 10.2 Å². The summed E-state index contributed by atoms with van der Waals surface area (Å²) in [7, 11) is 2.80. The first-order valence-electron chi connectivity index (χ1n) is 10.8. The van der Waals surface area contributed by atoms with Gasteiger partial charge in [-0.2, -0.15) is 0 Å². The average Bonchev–Trinajstić information content (AvgIpc) is 2.85. The number of aromatic hydroxyl groups is 1. The third kappa shape index (κ3) is 4.52. The number of phenolic OH excluding ortho intramolecular Hbond substituents is 1. The first kappa shape index (κ1) is 24.1. The summed E-state index contributed by atoms with van der Waals surface area (Å²) in [6, 6.07) is 10.8. The molecule has 2 N–H and O–H groups in total. The molecule has 2 aromatic carbocycles. The number of rotatable bonds is 4. The normalized spacial score (nSPS) is 16.2. The monoisotopic (exact) mass is 536 g/mol. The number of fused-ring (bicyclic) bond motifs is 3. The Hall–Kier alpha value is -2.62. The van der Waals surface area contributed by atoms with Crippen LogP contribution in [0.2, 0.25) is 0 Å². The molecule has 0 spiro atoms. The molecule has 4 aromatic rings. The first-order valence-corrected chi connectivity index (χ1v) is 14.6. The van der Waals surface area contributed by atoms with Crippen LogP contribution in [0.5, 0.6) is 5.75 Å². The minimum Gasteiger partial charge on any atom is -0.506 e. The number of hydrogen-bond acceptors (Lipinski definition) is 8. The summed E-state index contributed by atoms with van der Waals surface area (Å²) in [5.74, 6) is 0.0664. The third-order valence-electron chi connectivity index (χ3n) is 5.62. The van der Waals surface area contributed by atoms with E-state index in [0.29, 0.717) is 37.6 Å². The summed E-state index contributed by atoms with van der Waals surface area (Å²) in [6.07, 6.45) is 7.00.